The smallest absolute Gasteiger partial charge is 0.0725 e. The van der Waals surface area contributed by atoms with Gasteiger partial charge in [0.2, 0.25) is 0 Å². The second-order valence-corrected chi connectivity index (χ2v) is 4.55. The summed E-state index contributed by atoms with van der Waals surface area (Å²) in [5.74, 6) is 0.574. The first-order valence-corrected chi connectivity index (χ1v) is 6.01. The molecule has 0 aliphatic carbocycles. The first-order chi connectivity index (χ1) is 8.34. The molecular weight excluding hydrogens is 212 g/mol. The van der Waals surface area contributed by atoms with Crippen LogP contribution in [0.2, 0.25) is 0 Å². The van der Waals surface area contributed by atoms with Crippen LogP contribution in [0.15, 0.2) is 30.5 Å². The number of fused-ring (bicyclic) bond motifs is 1. The van der Waals surface area contributed by atoms with E-state index in [-0.39, 0.29) is 0 Å². The van der Waals surface area contributed by atoms with E-state index >= 15 is 0 Å². The van der Waals surface area contributed by atoms with Crippen LogP contribution in [0.1, 0.15) is 23.6 Å². The van der Waals surface area contributed by atoms with E-state index in [2.05, 4.69) is 39.9 Å². The van der Waals surface area contributed by atoms with Crippen LogP contribution in [0, 0.1) is 0 Å². The minimum atomic E-state index is 0.574. The van der Waals surface area contributed by atoms with Gasteiger partial charge in [-0.25, -0.2) is 0 Å². The normalized spacial score (nSPS) is 18.5. The third-order valence-electron chi connectivity index (χ3n) is 3.47. The van der Waals surface area contributed by atoms with E-state index in [1.54, 1.807) is 0 Å². The molecule has 0 radical (unpaired) electrons. The summed E-state index contributed by atoms with van der Waals surface area (Å²) in [6, 6.07) is 8.57. The van der Waals surface area contributed by atoms with Gasteiger partial charge in [0.05, 0.1) is 11.9 Å². The molecule has 1 N–H and O–H groups in total. The van der Waals surface area contributed by atoms with Crippen molar-refractivity contribution in [3.05, 3.63) is 41.7 Å². The molecule has 4 heteroatoms. The monoisotopic (exact) mass is 228 g/mol. The molecule has 4 nitrogen and oxygen atoms in total. The van der Waals surface area contributed by atoms with Crippen LogP contribution >= 0.6 is 0 Å². The van der Waals surface area contributed by atoms with Gasteiger partial charge in [-0.2, -0.15) is 0 Å². The molecule has 1 unspecified atom stereocenters. The Balaban J connectivity index is 1.88. The number of benzene rings is 1. The Morgan fingerprint density at radius 1 is 1.41 bits per heavy atom. The lowest BCUT2D eigenvalue weighted by atomic mass is 9.87. The molecule has 1 aromatic heterocycles. The molecule has 0 bridgehead atoms. The zero-order valence-corrected chi connectivity index (χ0v) is 9.93. The SMILES string of the molecule is Cn1nncc1CC1CCNc2ccccc21. The standard InChI is InChI=1S/C13H16N4/c1-17-11(9-15-16-17)8-10-6-7-14-13-5-3-2-4-12(10)13/h2-5,9-10,14H,6-8H2,1H3. The molecule has 0 amide bonds. The van der Waals surface area contributed by atoms with Crippen molar-refractivity contribution in [1.82, 2.24) is 15.0 Å². The Kier molecular flexibility index (Phi) is 2.55. The van der Waals surface area contributed by atoms with E-state index in [1.807, 2.05) is 17.9 Å². The summed E-state index contributed by atoms with van der Waals surface area (Å²) in [5.41, 5.74) is 3.89. The molecule has 0 saturated heterocycles. The third kappa shape index (κ3) is 1.90. The summed E-state index contributed by atoms with van der Waals surface area (Å²) in [4.78, 5) is 0. The summed E-state index contributed by atoms with van der Waals surface area (Å²) in [6.45, 7) is 1.05. The molecule has 2 aromatic rings. The predicted octanol–water partition coefficient (Wildman–Crippen LogP) is 1.96. The number of anilines is 1. The van der Waals surface area contributed by atoms with E-state index < -0.39 is 0 Å². The molecule has 1 aliphatic heterocycles. The topological polar surface area (TPSA) is 42.7 Å². The highest BCUT2D eigenvalue weighted by Gasteiger charge is 2.20. The number of hydrogen-bond donors (Lipinski definition) is 1. The molecule has 17 heavy (non-hydrogen) atoms. The molecule has 0 fully saturated rings. The number of para-hydroxylation sites is 1. The third-order valence-corrected chi connectivity index (χ3v) is 3.47. The maximum atomic E-state index is 3.99. The molecule has 88 valence electrons. The minimum Gasteiger partial charge on any atom is -0.385 e. The zero-order chi connectivity index (χ0) is 11.7. The summed E-state index contributed by atoms with van der Waals surface area (Å²) in [5, 5.41) is 11.4. The van der Waals surface area contributed by atoms with Crippen molar-refractivity contribution < 1.29 is 0 Å². The van der Waals surface area contributed by atoms with Crippen molar-refractivity contribution in [3.63, 3.8) is 0 Å². The summed E-state index contributed by atoms with van der Waals surface area (Å²) in [7, 11) is 1.95. The van der Waals surface area contributed by atoms with Gasteiger partial charge < -0.3 is 5.32 Å². The average molecular weight is 228 g/mol. The van der Waals surface area contributed by atoms with Gasteiger partial charge in [0.25, 0.3) is 0 Å². The van der Waals surface area contributed by atoms with Crippen LogP contribution in [0.25, 0.3) is 0 Å². The van der Waals surface area contributed by atoms with Crippen molar-refractivity contribution in [1.29, 1.82) is 0 Å². The van der Waals surface area contributed by atoms with Gasteiger partial charge in [0.1, 0.15) is 0 Å². The molecule has 1 atom stereocenters. The fourth-order valence-corrected chi connectivity index (χ4v) is 2.51. The molecular formula is C13H16N4. The lowest BCUT2D eigenvalue weighted by molar-refractivity contribution is 0.584. The summed E-state index contributed by atoms with van der Waals surface area (Å²) < 4.78 is 1.87. The van der Waals surface area contributed by atoms with Crippen molar-refractivity contribution >= 4 is 5.69 Å². The van der Waals surface area contributed by atoms with Gasteiger partial charge in [-0.1, -0.05) is 23.4 Å². The second kappa shape index (κ2) is 4.20. The highest BCUT2D eigenvalue weighted by Crippen LogP contribution is 2.33. The van der Waals surface area contributed by atoms with Gasteiger partial charge in [-0.3, -0.25) is 4.68 Å². The number of aryl methyl sites for hydroxylation is 1. The van der Waals surface area contributed by atoms with E-state index in [1.165, 1.54) is 23.4 Å². The van der Waals surface area contributed by atoms with Gasteiger partial charge in [0, 0.05) is 19.3 Å². The van der Waals surface area contributed by atoms with Gasteiger partial charge in [-0.15, -0.1) is 5.10 Å². The molecule has 0 saturated carbocycles. The Hall–Kier alpha value is -1.84. The summed E-state index contributed by atoms with van der Waals surface area (Å²) in [6.07, 6.45) is 4.05. The van der Waals surface area contributed by atoms with Crippen LogP contribution < -0.4 is 5.32 Å². The fourth-order valence-electron chi connectivity index (χ4n) is 2.51. The largest absolute Gasteiger partial charge is 0.385 e. The fraction of sp³-hybridized carbons (Fsp3) is 0.385. The Labute approximate surface area is 101 Å². The number of aromatic nitrogens is 3. The van der Waals surface area contributed by atoms with E-state index in [4.69, 9.17) is 0 Å². The number of rotatable bonds is 2. The molecule has 0 spiro atoms. The van der Waals surface area contributed by atoms with Crippen LogP contribution in [-0.2, 0) is 13.5 Å². The molecule has 1 aliphatic rings. The average Bonchev–Trinajstić information content (AvgIpc) is 2.76. The highest BCUT2D eigenvalue weighted by molar-refractivity contribution is 5.54. The van der Waals surface area contributed by atoms with Gasteiger partial charge in [0.15, 0.2) is 0 Å². The quantitative estimate of drug-likeness (QED) is 0.854. The first kappa shape index (κ1) is 10.3. The lowest BCUT2D eigenvalue weighted by Crippen LogP contribution is -2.19. The van der Waals surface area contributed by atoms with Crippen molar-refractivity contribution in [2.24, 2.45) is 7.05 Å². The van der Waals surface area contributed by atoms with Gasteiger partial charge in [-0.05, 0) is 30.4 Å². The van der Waals surface area contributed by atoms with Gasteiger partial charge >= 0.3 is 0 Å². The molecule has 3 rings (SSSR count). The van der Waals surface area contributed by atoms with Crippen molar-refractivity contribution in [2.75, 3.05) is 11.9 Å². The number of nitrogens with zero attached hydrogens (tertiary/aromatic N) is 3. The van der Waals surface area contributed by atoms with Crippen LogP contribution in [0.5, 0.6) is 0 Å². The van der Waals surface area contributed by atoms with Crippen LogP contribution in [0.4, 0.5) is 5.69 Å². The second-order valence-electron chi connectivity index (χ2n) is 4.55. The molecule has 2 heterocycles. The van der Waals surface area contributed by atoms with Crippen molar-refractivity contribution in [2.45, 2.75) is 18.8 Å². The first-order valence-electron chi connectivity index (χ1n) is 6.01. The Morgan fingerprint density at radius 2 is 2.29 bits per heavy atom. The van der Waals surface area contributed by atoms with E-state index in [9.17, 15) is 0 Å². The lowest BCUT2D eigenvalue weighted by Gasteiger charge is -2.26. The maximum Gasteiger partial charge on any atom is 0.0725 e. The minimum absolute atomic E-state index is 0.574. The Morgan fingerprint density at radius 3 is 3.12 bits per heavy atom. The van der Waals surface area contributed by atoms with Crippen LogP contribution in [-0.4, -0.2) is 21.5 Å². The number of nitrogens with one attached hydrogen (secondary N) is 1. The van der Waals surface area contributed by atoms with E-state index in [0.29, 0.717) is 5.92 Å². The zero-order valence-electron chi connectivity index (χ0n) is 9.93. The number of hydrogen-bond acceptors (Lipinski definition) is 3. The predicted molar refractivity (Wildman–Crippen MR) is 67.0 cm³/mol. The van der Waals surface area contributed by atoms with Crippen molar-refractivity contribution in [3.8, 4) is 0 Å². The Bertz CT molecular complexity index is 518. The van der Waals surface area contributed by atoms with Crippen LogP contribution in [0.3, 0.4) is 0 Å². The maximum absolute atomic E-state index is 3.99. The van der Waals surface area contributed by atoms with E-state index in [0.717, 1.165) is 13.0 Å². The summed E-state index contributed by atoms with van der Waals surface area (Å²) >= 11 is 0. The highest BCUT2D eigenvalue weighted by atomic mass is 15.4. The molecule has 1 aromatic carbocycles.